The zero-order chi connectivity index (χ0) is 20.0. The Hall–Kier alpha value is -3.06. The maximum absolute atomic E-state index is 12.2. The molecule has 3 aromatic heterocycles. The van der Waals surface area contributed by atoms with Gasteiger partial charge in [0.05, 0.1) is 16.7 Å². The van der Waals surface area contributed by atoms with Crippen LogP contribution < -0.4 is 5.69 Å². The van der Waals surface area contributed by atoms with Gasteiger partial charge in [0, 0.05) is 64.4 Å². The van der Waals surface area contributed by atoms with Crippen molar-refractivity contribution in [3.63, 3.8) is 0 Å². The molecule has 7 heteroatoms. The number of nitrogens with zero attached hydrogens (tertiary/aromatic N) is 5. The minimum atomic E-state index is -0.127. The Morgan fingerprint density at radius 2 is 2.07 bits per heavy atom. The van der Waals surface area contributed by atoms with Crippen LogP contribution in [0.1, 0.15) is 12.5 Å². The number of allylic oxidation sites excluding steroid dienone is 1. The highest BCUT2D eigenvalue weighted by Crippen LogP contribution is 2.20. The normalized spacial score (nSPS) is 20.6. The number of aromatic amines is 1. The van der Waals surface area contributed by atoms with E-state index in [1.807, 2.05) is 18.3 Å². The second-order valence-corrected chi connectivity index (χ2v) is 8.02. The quantitative estimate of drug-likeness (QED) is 0.742. The van der Waals surface area contributed by atoms with Gasteiger partial charge in [0.2, 0.25) is 0 Å². The largest absolute Gasteiger partial charge is 0.373 e. The number of rotatable bonds is 3. The molecule has 150 valence electrons. The summed E-state index contributed by atoms with van der Waals surface area (Å²) in [6, 6.07) is 6.32. The van der Waals surface area contributed by atoms with Crippen molar-refractivity contribution >= 4 is 16.6 Å². The van der Waals surface area contributed by atoms with Gasteiger partial charge in [-0.3, -0.25) is 14.3 Å². The molecule has 0 spiro atoms. The maximum Gasteiger partial charge on any atom is 0.330 e. The number of pyridine rings is 1. The lowest BCUT2D eigenvalue weighted by Crippen LogP contribution is -2.45. The molecule has 5 heterocycles. The molecule has 2 aliphatic heterocycles. The van der Waals surface area contributed by atoms with Gasteiger partial charge >= 0.3 is 5.69 Å². The minimum Gasteiger partial charge on any atom is -0.373 e. The van der Waals surface area contributed by atoms with Gasteiger partial charge < -0.3 is 14.8 Å². The van der Waals surface area contributed by atoms with Crippen molar-refractivity contribution in [3.05, 3.63) is 70.7 Å². The average molecular weight is 390 g/mol. The van der Waals surface area contributed by atoms with Crippen molar-refractivity contribution in [2.24, 2.45) is 0 Å². The van der Waals surface area contributed by atoms with Crippen molar-refractivity contribution in [1.82, 2.24) is 29.1 Å². The summed E-state index contributed by atoms with van der Waals surface area (Å²) >= 11 is 0. The van der Waals surface area contributed by atoms with Gasteiger partial charge in [-0.05, 0) is 36.8 Å². The topological polar surface area (TPSA) is 59.9 Å². The van der Waals surface area contributed by atoms with Crippen LogP contribution in [0.4, 0.5) is 0 Å². The van der Waals surface area contributed by atoms with E-state index in [4.69, 9.17) is 0 Å². The molecular weight excluding hydrogens is 364 g/mol. The first-order chi connectivity index (χ1) is 14.1. The van der Waals surface area contributed by atoms with E-state index in [1.54, 1.807) is 10.6 Å². The standard InChI is InChI=1S/C22H26N6O/c1-16-5-6-18(15-25(16)2)27-10-8-26(9-11-27)14-17-12-19-21(23-13-17)20-4-3-7-28(20)22(29)24-19/h3-7,12-13,15-16H,8-11,14H2,1-2H3,(H,24,29). The highest BCUT2D eigenvalue weighted by molar-refractivity contribution is 5.89. The summed E-state index contributed by atoms with van der Waals surface area (Å²) < 4.78 is 1.60. The molecule has 0 aliphatic carbocycles. The number of likely N-dealkylation sites (N-methyl/N-ethyl adjacent to an activating group) is 1. The predicted octanol–water partition coefficient (Wildman–Crippen LogP) is 2.02. The van der Waals surface area contributed by atoms with E-state index in [1.165, 1.54) is 5.70 Å². The zero-order valence-electron chi connectivity index (χ0n) is 16.9. The molecule has 1 unspecified atom stereocenters. The van der Waals surface area contributed by atoms with E-state index in [0.29, 0.717) is 6.04 Å². The molecule has 0 saturated carbocycles. The Morgan fingerprint density at radius 1 is 1.24 bits per heavy atom. The molecule has 0 aromatic carbocycles. The van der Waals surface area contributed by atoms with Gasteiger partial charge in [-0.2, -0.15) is 0 Å². The highest BCUT2D eigenvalue weighted by Gasteiger charge is 2.20. The van der Waals surface area contributed by atoms with E-state index in [9.17, 15) is 4.79 Å². The molecule has 0 radical (unpaired) electrons. The number of piperazine rings is 1. The second kappa shape index (κ2) is 7.08. The fourth-order valence-corrected chi connectivity index (χ4v) is 4.17. The first-order valence-electron chi connectivity index (χ1n) is 10.2. The lowest BCUT2D eigenvalue weighted by atomic mass is 10.1. The predicted molar refractivity (Wildman–Crippen MR) is 115 cm³/mol. The summed E-state index contributed by atoms with van der Waals surface area (Å²) in [7, 11) is 2.13. The molecule has 0 amide bonds. The van der Waals surface area contributed by atoms with Crippen molar-refractivity contribution in [1.29, 1.82) is 0 Å². The summed E-state index contributed by atoms with van der Waals surface area (Å²) in [6.45, 7) is 7.10. The third-order valence-electron chi connectivity index (χ3n) is 6.06. The van der Waals surface area contributed by atoms with Gasteiger partial charge in [-0.15, -0.1) is 0 Å². The molecule has 1 fully saturated rings. The summed E-state index contributed by atoms with van der Waals surface area (Å²) in [5, 5.41) is 0. The Bertz CT molecular complexity index is 1160. The van der Waals surface area contributed by atoms with Crippen LogP contribution in [-0.4, -0.2) is 68.3 Å². The van der Waals surface area contributed by atoms with Crippen molar-refractivity contribution < 1.29 is 0 Å². The first-order valence-corrected chi connectivity index (χ1v) is 10.2. The van der Waals surface area contributed by atoms with Crippen molar-refractivity contribution in [2.45, 2.75) is 19.5 Å². The Labute approximate surface area is 169 Å². The average Bonchev–Trinajstić information content (AvgIpc) is 3.21. The van der Waals surface area contributed by atoms with Gasteiger partial charge in [0.25, 0.3) is 0 Å². The molecule has 5 rings (SSSR count). The molecule has 0 bridgehead atoms. The van der Waals surface area contributed by atoms with Crippen LogP contribution in [0.25, 0.3) is 16.6 Å². The summed E-state index contributed by atoms with van der Waals surface area (Å²) in [5.41, 5.74) is 4.77. The van der Waals surface area contributed by atoms with Gasteiger partial charge in [0.15, 0.2) is 0 Å². The van der Waals surface area contributed by atoms with Crippen LogP contribution in [-0.2, 0) is 6.54 Å². The van der Waals surface area contributed by atoms with Crippen molar-refractivity contribution in [2.75, 3.05) is 33.2 Å². The molecule has 2 aliphatic rings. The summed E-state index contributed by atoms with van der Waals surface area (Å²) in [6.07, 6.45) is 10.4. The van der Waals surface area contributed by atoms with Crippen LogP contribution in [0.2, 0.25) is 0 Å². The fraction of sp³-hybridized carbons (Fsp3) is 0.364. The smallest absolute Gasteiger partial charge is 0.330 e. The van der Waals surface area contributed by atoms with E-state index < -0.39 is 0 Å². The Kier molecular flexibility index (Phi) is 4.39. The lowest BCUT2D eigenvalue weighted by Gasteiger charge is -2.38. The third kappa shape index (κ3) is 3.31. The summed E-state index contributed by atoms with van der Waals surface area (Å²) in [4.78, 5) is 27.0. The van der Waals surface area contributed by atoms with Crippen molar-refractivity contribution in [3.8, 4) is 0 Å². The number of H-pyrrole nitrogens is 1. The molecular formula is C22H26N6O. The van der Waals surface area contributed by atoms with E-state index in [0.717, 1.165) is 54.8 Å². The van der Waals surface area contributed by atoms with E-state index in [2.05, 4.69) is 63.1 Å². The van der Waals surface area contributed by atoms with Crippen LogP contribution >= 0.6 is 0 Å². The van der Waals surface area contributed by atoms with Gasteiger partial charge in [-0.25, -0.2) is 4.79 Å². The number of hydrogen-bond donors (Lipinski definition) is 1. The Morgan fingerprint density at radius 3 is 2.86 bits per heavy atom. The fourth-order valence-electron chi connectivity index (χ4n) is 4.17. The summed E-state index contributed by atoms with van der Waals surface area (Å²) in [5.74, 6) is 0. The number of fused-ring (bicyclic) bond motifs is 3. The molecule has 7 nitrogen and oxygen atoms in total. The second-order valence-electron chi connectivity index (χ2n) is 8.02. The van der Waals surface area contributed by atoms with Crippen LogP contribution in [0, 0.1) is 0 Å². The third-order valence-corrected chi connectivity index (χ3v) is 6.06. The molecule has 1 N–H and O–H groups in total. The molecule has 1 atom stereocenters. The van der Waals surface area contributed by atoms with Crippen LogP contribution in [0.3, 0.4) is 0 Å². The monoisotopic (exact) mass is 390 g/mol. The molecule has 29 heavy (non-hydrogen) atoms. The molecule has 1 saturated heterocycles. The number of aromatic nitrogens is 3. The number of hydrogen-bond acceptors (Lipinski definition) is 5. The van der Waals surface area contributed by atoms with E-state index >= 15 is 0 Å². The van der Waals surface area contributed by atoms with Crippen LogP contribution in [0.5, 0.6) is 0 Å². The zero-order valence-corrected chi connectivity index (χ0v) is 16.9. The van der Waals surface area contributed by atoms with Crippen LogP contribution in [0.15, 0.2) is 59.4 Å². The van der Waals surface area contributed by atoms with E-state index in [-0.39, 0.29) is 5.69 Å². The molecule has 3 aromatic rings. The van der Waals surface area contributed by atoms with Gasteiger partial charge in [-0.1, -0.05) is 6.08 Å². The number of nitrogens with one attached hydrogen (secondary N) is 1. The lowest BCUT2D eigenvalue weighted by molar-refractivity contribution is 0.153. The minimum absolute atomic E-state index is 0.127. The Balaban J connectivity index is 1.29. The maximum atomic E-state index is 12.2. The SMILES string of the molecule is CC1C=CC(N2CCN(Cc3cnc4c(c3)[nH]c(=O)n3cccc43)CC2)=CN1C. The first kappa shape index (κ1) is 18.0. The van der Waals surface area contributed by atoms with Gasteiger partial charge in [0.1, 0.15) is 5.52 Å². The highest BCUT2D eigenvalue weighted by atomic mass is 16.1.